The number of carbonyl (C=O) groups excluding carboxylic acids is 2. The molecule has 0 aliphatic heterocycles. The lowest BCUT2D eigenvalue weighted by molar-refractivity contribution is 0.0635. The van der Waals surface area contributed by atoms with Gasteiger partial charge in [0.1, 0.15) is 15.9 Å². The fourth-order valence-electron chi connectivity index (χ4n) is 2.32. The molecule has 1 N–H and O–H groups in total. The van der Waals surface area contributed by atoms with Crippen LogP contribution in [0.1, 0.15) is 38.1 Å². The molecule has 0 spiro atoms. The van der Waals surface area contributed by atoms with E-state index >= 15 is 0 Å². The van der Waals surface area contributed by atoms with Crippen LogP contribution >= 0.6 is 11.3 Å². The number of carbonyl (C=O) groups is 2. The number of hydrogen-bond acceptors (Lipinski definition) is 6. The van der Waals surface area contributed by atoms with Crippen molar-refractivity contribution in [1.82, 2.24) is 9.97 Å². The number of benzene rings is 1. The highest BCUT2D eigenvalue weighted by molar-refractivity contribution is 7.21. The highest BCUT2D eigenvalue weighted by Gasteiger charge is 2.18. The summed E-state index contributed by atoms with van der Waals surface area (Å²) < 4.78 is 5.23. The van der Waals surface area contributed by atoms with Gasteiger partial charge in [-0.05, 0) is 45.9 Å². The molecule has 0 radical (unpaired) electrons. The SMILES string of the molecule is CC(=O)c1cccc(-c2ccc3nc(NC(=O)OC(C)(C)C)sc3n2)c1. The standard InChI is InChI=1S/C19H19N3O3S/c1-11(23)12-6-5-7-13(10-12)14-8-9-15-16(20-14)26-17(21-15)22-18(24)25-19(2,3)4/h5-10H,1-4H3,(H,21,22,24). The first-order chi connectivity index (χ1) is 12.2. The highest BCUT2D eigenvalue weighted by atomic mass is 32.1. The van der Waals surface area contributed by atoms with Gasteiger partial charge in [0.15, 0.2) is 10.9 Å². The summed E-state index contributed by atoms with van der Waals surface area (Å²) in [5.41, 5.74) is 2.35. The fraction of sp³-hybridized carbons (Fsp3) is 0.263. The number of thiazole rings is 1. The van der Waals surface area contributed by atoms with E-state index in [9.17, 15) is 9.59 Å². The predicted octanol–water partition coefficient (Wildman–Crippen LogP) is 4.91. The van der Waals surface area contributed by atoms with E-state index in [-0.39, 0.29) is 5.78 Å². The number of aromatic nitrogens is 2. The molecular weight excluding hydrogens is 350 g/mol. The third-order valence-corrected chi connectivity index (χ3v) is 4.31. The number of anilines is 1. The Morgan fingerprint density at radius 2 is 1.88 bits per heavy atom. The van der Waals surface area contributed by atoms with Gasteiger partial charge in [0.2, 0.25) is 0 Å². The molecule has 2 heterocycles. The monoisotopic (exact) mass is 369 g/mol. The van der Waals surface area contributed by atoms with Gasteiger partial charge in [-0.1, -0.05) is 29.5 Å². The van der Waals surface area contributed by atoms with Crippen LogP contribution in [-0.2, 0) is 4.74 Å². The number of Topliss-reactive ketones (excluding diaryl/α,β-unsaturated/α-hetero) is 1. The second-order valence-corrected chi connectivity index (χ2v) is 7.78. The molecule has 7 heteroatoms. The number of nitrogens with zero attached hydrogens (tertiary/aromatic N) is 2. The van der Waals surface area contributed by atoms with E-state index in [2.05, 4.69) is 15.3 Å². The predicted molar refractivity (Wildman–Crippen MR) is 103 cm³/mol. The highest BCUT2D eigenvalue weighted by Crippen LogP contribution is 2.28. The topological polar surface area (TPSA) is 81.2 Å². The van der Waals surface area contributed by atoms with E-state index in [1.54, 1.807) is 26.8 Å². The zero-order valence-corrected chi connectivity index (χ0v) is 15.8. The van der Waals surface area contributed by atoms with Gasteiger partial charge in [-0.3, -0.25) is 10.1 Å². The Hall–Kier alpha value is -2.80. The van der Waals surface area contributed by atoms with Crippen molar-refractivity contribution in [2.75, 3.05) is 5.32 Å². The Morgan fingerprint density at radius 1 is 1.12 bits per heavy atom. The Balaban J connectivity index is 1.87. The molecule has 2 aromatic heterocycles. The molecule has 0 aliphatic rings. The van der Waals surface area contributed by atoms with Crippen molar-refractivity contribution >= 4 is 38.7 Å². The largest absolute Gasteiger partial charge is 0.444 e. The maximum absolute atomic E-state index is 11.9. The lowest BCUT2D eigenvalue weighted by atomic mass is 10.1. The molecular formula is C19H19N3O3S. The molecule has 0 atom stereocenters. The summed E-state index contributed by atoms with van der Waals surface area (Å²) in [6.07, 6.45) is -0.550. The van der Waals surface area contributed by atoms with Crippen LogP contribution in [0.4, 0.5) is 9.93 Å². The Bertz CT molecular complexity index is 989. The van der Waals surface area contributed by atoms with E-state index in [1.807, 2.05) is 30.3 Å². The summed E-state index contributed by atoms with van der Waals surface area (Å²) in [4.78, 5) is 33.1. The van der Waals surface area contributed by atoms with Gasteiger partial charge in [0.05, 0.1) is 5.69 Å². The Morgan fingerprint density at radius 3 is 2.58 bits per heavy atom. The van der Waals surface area contributed by atoms with Crippen molar-refractivity contribution in [3.63, 3.8) is 0 Å². The number of hydrogen-bond donors (Lipinski definition) is 1. The summed E-state index contributed by atoms with van der Waals surface area (Å²) in [5, 5.41) is 3.06. The maximum Gasteiger partial charge on any atom is 0.413 e. The number of ether oxygens (including phenoxy) is 1. The first-order valence-electron chi connectivity index (χ1n) is 8.10. The van der Waals surface area contributed by atoms with Crippen LogP contribution in [0.25, 0.3) is 21.6 Å². The normalized spacial score (nSPS) is 11.4. The molecule has 0 aliphatic carbocycles. The molecule has 1 aromatic carbocycles. The Labute approximate surface area is 155 Å². The van der Waals surface area contributed by atoms with Crippen molar-refractivity contribution in [3.05, 3.63) is 42.0 Å². The van der Waals surface area contributed by atoms with Gasteiger partial charge < -0.3 is 4.74 Å². The van der Waals surface area contributed by atoms with Crippen LogP contribution in [0.2, 0.25) is 0 Å². The first kappa shape index (κ1) is 18.0. The third kappa shape index (κ3) is 4.23. The molecule has 0 fully saturated rings. The maximum atomic E-state index is 11.9. The number of amides is 1. The molecule has 6 nitrogen and oxygen atoms in total. The summed E-state index contributed by atoms with van der Waals surface area (Å²) in [6.45, 7) is 6.93. The van der Waals surface area contributed by atoms with Gasteiger partial charge in [-0.2, -0.15) is 0 Å². The number of ketones is 1. The Kier molecular flexibility index (Phi) is 4.73. The van der Waals surface area contributed by atoms with Crippen molar-refractivity contribution in [1.29, 1.82) is 0 Å². The second kappa shape index (κ2) is 6.84. The molecule has 134 valence electrons. The number of pyridine rings is 1. The lowest BCUT2D eigenvalue weighted by Crippen LogP contribution is -2.27. The molecule has 3 aromatic rings. The number of nitrogens with one attached hydrogen (secondary N) is 1. The summed E-state index contributed by atoms with van der Waals surface area (Å²) in [5.74, 6) is 0.00886. The molecule has 0 saturated heterocycles. The summed E-state index contributed by atoms with van der Waals surface area (Å²) >= 11 is 1.27. The third-order valence-electron chi connectivity index (χ3n) is 3.43. The average molecular weight is 369 g/mol. The van der Waals surface area contributed by atoms with E-state index in [0.29, 0.717) is 21.0 Å². The molecule has 26 heavy (non-hydrogen) atoms. The second-order valence-electron chi connectivity index (χ2n) is 6.80. The summed E-state index contributed by atoms with van der Waals surface area (Å²) in [6, 6.07) is 11.0. The van der Waals surface area contributed by atoms with Gasteiger partial charge in [-0.15, -0.1) is 0 Å². The van der Waals surface area contributed by atoms with Gasteiger partial charge in [-0.25, -0.2) is 14.8 Å². The number of fused-ring (bicyclic) bond motifs is 1. The minimum absolute atomic E-state index is 0.00886. The summed E-state index contributed by atoms with van der Waals surface area (Å²) in [7, 11) is 0. The molecule has 0 unspecified atom stereocenters. The average Bonchev–Trinajstić information content (AvgIpc) is 2.94. The molecule has 0 saturated carbocycles. The van der Waals surface area contributed by atoms with Crippen molar-refractivity contribution in [2.45, 2.75) is 33.3 Å². The zero-order valence-electron chi connectivity index (χ0n) is 15.0. The van der Waals surface area contributed by atoms with E-state index in [1.165, 1.54) is 18.3 Å². The quantitative estimate of drug-likeness (QED) is 0.664. The van der Waals surface area contributed by atoms with E-state index in [0.717, 1.165) is 11.3 Å². The minimum atomic E-state index is -0.575. The van der Waals surface area contributed by atoms with Gasteiger partial charge >= 0.3 is 6.09 Å². The van der Waals surface area contributed by atoms with Crippen LogP contribution in [0.5, 0.6) is 0 Å². The van der Waals surface area contributed by atoms with Gasteiger partial charge in [0.25, 0.3) is 0 Å². The smallest absolute Gasteiger partial charge is 0.413 e. The van der Waals surface area contributed by atoms with Gasteiger partial charge in [0, 0.05) is 11.1 Å². The van der Waals surface area contributed by atoms with Crippen LogP contribution in [0.3, 0.4) is 0 Å². The van der Waals surface area contributed by atoms with Crippen molar-refractivity contribution < 1.29 is 14.3 Å². The fourth-order valence-corrected chi connectivity index (χ4v) is 3.14. The minimum Gasteiger partial charge on any atom is -0.444 e. The number of rotatable bonds is 3. The first-order valence-corrected chi connectivity index (χ1v) is 8.92. The molecule has 3 rings (SSSR count). The van der Waals surface area contributed by atoms with Crippen molar-refractivity contribution in [2.24, 2.45) is 0 Å². The van der Waals surface area contributed by atoms with E-state index in [4.69, 9.17) is 4.74 Å². The molecule has 0 bridgehead atoms. The van der Waals surface area contributed by atoms with Crippen molar-refractivity contribution in [3.8, 4) is 11.3 Å². The van der Waals surface area contributed by atoms with Crippen LogP contribution < -0.4 is 5.32 Å². The van der Waals surface area contributed by atoms with E-state index < -0.39 is 11.7 Å². The van der Waals surface area contributed by atoms with Crippen LogP contribution in [-0.4, -0.2) is 27.4 Å². The molecule has 1 amide bonds. The van der Waals surface area contributed by atoms with Crippen LogP contribution in [0, 0.1) is 0 Å². The zero-order chi connectivity index (χ0) is 18.9. The lowest BCUT2D eigenvalue weighted by Gasteiger charge is -2.18. The van der Waals surface area contributed by atoms with Crippen LogP contribution in [0.15, 0.2) is 36.4 Å².